The lowest BCUT2D eigenvalue weighted by Gasteiger charge is -2.29. The molecule has 3 rings (SSSR count). The Hall–Kier alpha value is -3.02. The predicted molar refractivity (Wildman–Crippen MR) is 98.8 cm³/mol. The number of H-pyrrole nitrogens is 1. The number of hydrogen-bond acceptors (Lipinski definition) is 3. The molecule has 0 radical (unpaired) electrons. The van der Waals surface area contributed by atoms with E-state index in [0.29, 0.717) is 0 Å². The van der Waals surface area contributed by atoms with Gasteiger partial charge in [-0.2, -0.15) is 0 Å². The molecule has 0 spiro atoms. The summed E-state index contributed by atoms with van der Waals surface area (Å²) in [6.07, 6.45) is 6.56. The lowest BCUT2D eigenvalue weighted by atomic mass is 10.0. The van der Waals surface area contributed by atoms with E-state index < -0.39 is 6.09 Å². The molecule has 1 amide bonds. The molecule has 2 aromatic heterocycles. The molecule has 1 atom stereocenters. The summed E-state index contributed by atoms with van der Waals surface area (Å²) in [5.41, 5.74) is 3.32. The monoisotopic (exact) mass is 338 g/mol. The van der Waals surface area contributed by atoms with E-state index in [1.54, 1.807) is 12.4 Å². The number of pyridine rings is 1. The summed E-state index contributed by atoms with van der Waals surface area (Å²) < 4.78 is 0. The van der Waals surface area contributed by atoms with E-state index >= 15 is 0 Å². The zero-order valence-corrected chi connectivity index (χ0v) is 14.1. The number of aromatic nitrogens is 2. The average molecular weight is 338 g/mol. The Bertz CT molecular complexity index is 832. The molecule has 1 aromatic carbocycles. The number of amides is 1. The van der Waals surface area contributed by atoms with Crippen LogP contribution in [-0.2, 0) is 6.42 Å². The summed E-state index contributed by atoms with van der Waals surface area (Å²) in [6, 6.07) is 12.2. The minimum atomic E-state index is -1.01. The second-order valence-corrected chi connectivity index (χ2v) is 6.07. The van der Waals surface area contributed by atoms with Crippen molar-refractivity contribution in [2.45, 2.75) is 25.4 Å². The van der Waals surface area contributed by atoms with Gasteiger partial charge in [-0.25, -0.2) is 4.79 Å². The second kappa shape index (κ2) is 7.70. The maximum atomic E-state index is 11.1. The Morgan fingerprint density at radius 2 is 2.08 bits per heavy atom. The van der Waals surface area contributed by atoms with Crippen LogP contribution in [0.2, 0.25) is 0 Å². The smallest absolute Gasteiger partial charge is 0.406 e. The molecule has 130 valence electrons. The van der Waals surface area contributed by atoms with Gasteiger partial charge < -0.3 is 20.3 Å². The summed E-state index contributed by atoms with van der Waals surface area (Å²) in [5, 5.41) is 12.9. The third-order valence-corrected chi connectivity index (χ3v) is 4.39. The first-order chi connectivity index (χ1) is 12.1. The van der Waals surface area contributed by atoms with Gasteiger partial charge in [0.15, 0.2) is 0 Å². The first-order valence-electron chi connectivity index (χ1n) is 8.32. The van der Waals surface area contributed by atoms with Crippen LogP contribution in [0.15, 0.2) is 55.0 Å². The summed E-state index contributed by atoms with van der Waals surface area (Å²) in [6.45, 7) is 0. The van der Waals surface area contributed by atoms with Crippen molar-refractivity contribution in [2.24, 2.45) is 0 Å². The minimum Gasteiger partial charge on any atom is -0.465 e. The molecule has 0 aliphatic carbocycles. The topological polar surface area (TPSA) is 81.2 Å². The molecule has 1 unspecified atom stereocenters. The van der Waals surface area contributed by atoms with Crippen molar-refractivity contribution in [3.8, 4) is 0 Å². The Kier molecular flexibility index (Phi) is 5.18. The highest BCUT2D eigenvalue weighted by Gasteiger charge is 2.17. The van der Waals surface area contributed by atoms with Gasteiger partial charge in [0.2, 0.25) is 0 Å². The van der Waals surface area contributed by atoms with Crippen LogP contribution in [0.1, 0.15) is 18.4 Å². The number of nitrogens with one attached hydrogen (secondary N) is 2. The number of nitrogens with zero attached hydrogens (tertiary/aromatic N) is 2. The van der Waals surface area contributed by atoms with E-state index in [0.717, 1.165) is 30.5 Å². The van der Waals surface area contributed by atoms with E-state index in [9.17, 15) is 4.79 Å². The molecule has 25 heavy (non-hydrogen) atoms. The first-order valence-corrected chi connectivity index (χ1v) is 8.32. The van der Waals surface area contributed by atoms with Gasteiger partial charge in [0, 0.05) is 36.8 Å². The van der Waals surface area contributed by atoms with Crippen LogP contribution in [0.3, 0.4) is 0 Å². The van der Waals surface area contributed by atoms with Crippen LogP contribution < -0.4 is 10.2 Å². The quantitative estimate of drug-likeness (QED) is 0.575. The molecule has 6 nitrogen and oxygen atoms in total. The minimum absolute atomic E-state index is 0.282. The van der Waals surface area contributed by atoms with E-state index in [2.05, 4.69) is 39.6 Å². The molecule has 3 aromatic rings. The predicted octanol–water partition coefficient (Wildman–Crippen LogP) is 3.62. The molecule has 0 saturated heterocycles. The molecule has 0 fully saturated rings. The summed E-state index contributed by atoms with van der Waals surface area (Å²) in [7, 11) is 1.89. The van der Waals surface area contributed by atoms with Crippen molar-refractivity contribution in [1.82, 2.24) is 15.3 Å². The maximum Gasteiger partial charge on any atom is 0.406 e. The van der Waals surface area contributed by atoms with Gasteiger partial charge in [-0.1, -0.05) is 6.07 Å². The number of benzene rings is 1. The van der Waals surface area contributed by atoms with Crippen LogP contribution in [0, 0.1) is 0 Å². The molecule has 6 heteroatoms. The molecule has 0 saturated carbocycles. The molecule has 2 heterocycles. The second-order valence-electron chi connectivity index (χ2n) is 6.07. The molecule has 0 bridgehead atoms. The van der Waals surface area contributed by atoms with Gasteiger partial charge in [0.1, 0.15) is 6.17 Å². The fourth-order valence-corrected chi connectivity index (χ4v) is 3.02. The van der Waals surface area contributed by atoms with Gasteiger partial charge in [-0.05, 0) is 60.5 Å². The molecule has 0 aliphatic heterocycles. The van der Waals surface area contributed by atoms with Crippen molar-refractivity contribution in [1.29, 1.82) is 0 Å². The molecular weight excluding hydrogens is 316 g/mol. The zero-order valence-electron chi connectivity index (χ0n) is 14.1. The highest BCUT2D eigenvalue weighted by Crippen LogP contribution is 2.18. The van der Waals surface area contributed by atoms with E-state index in [-0.39, 0.29) is 6.17 Å². The van der Waals surface area contributed by atoms with E-state index in [4.69, 9.17) is 5.11 Å². The maximum absolute atomic E-state index is 11.1. The number of rotatable bonds is 7. The summed E-state index contributed by atoms with van der Waals surface area (Å²) >= 11 is 0. The van der Waals surface area contributed by atoms with Crippen molar-refractivity contribution in [3.63, 3.8) is 0 Å². The molecule has 0 aliphatic rings. The Morgan fingerprint density at radius 1 is 1.28 bits per heavy atom. The third-order valence-electron chi connectivity index (χ3n) is 4.39. The van der Waals surface area contributed by atoms with Crippen LogP contribution >= 0.6 is 0 Å². The van der Waals surface area contributed by atoms with Crippen molar-refractivity contribution < 1.29 is 9.90 Å². The fraction of sp³-hybridized carbons (Fsp3) is 0.263. The van der Waals surface area contributed by atoms with Crippen LogP contribution in [-0.4, -0.2) is 34.4 Å². The summed E-state index contributed by atoms with van der Waals surface area (Å²) in [5.74, 6) is 0. The van der Waals surface area contributed by atoms with Gasteiger partial charge in [0.05, 0.1) is 0 Å². The van der Waals surface area contributed by atoms with Gasteiger partial charge in [-0.15, -0.1) is 0 Å². The Balaban J connectivity index is 1.62. The Labute approximate surface area is 146 Å². The van der Waals surface area contributed by atoms with Crippen molar-refractivity contribution in [2.75, 3.05) is 11.9 Å². The fourth-order valence-electron chi connectivity index (χ4n) is 3.02. The van der Waals surface area contributed by atoms with Crippen LogP contribution in [0.25, 0.3) is 10.9 Å². The average Bonchev–Trinajstić information content (AvgIpc) is 3.08. The SMILES string of the molecule is CN(c1ccncc1)C(CCCc1ccc2[nH]ccc2c1)NC(=O)O. The lowest BCUT2D eigenvalue weighted by molar-refractivity contribution is 0.188. The largest absolute Gasteiger partial charge is 0.465 e. The van der Waals surface area contributed by atoms with Crippen LogP contribution in [0.4, 0.5) is 10.5 Å². The van der Waals surface area contributed by atoms with Gasteiger partial charge in [-0.3, -0.25) is 4.98 Å². The normalized spacial score (nSPS) is 12.0. The zero-order chi connectivity index (χ0) is 17.6. The molecular formula is C19H22N4O2. The number of aromatic amines is 1. The number of aryl methyl sites for hydroxylation is 1. The van der Waals surface area contributed by atoms with Crippen LogP contribution in [0.5, 0.6) is 0 Å². The first kappa shape index (κ1) is 16.8. The highest BCUT2D eigenvalue weighted by molar-refractivity contribution is 5.79. The lowest BCUT2D eigenvalue weighted by Crippen LogP contribution is -2.46. The number of anilines is 1. The molecule has 3 N–H and O–H groups in total. The number of fused-ring (bicyclic) bond motifs is 1. The third kappa shape index (κ3) is 4.29. The standard InChI is InChI=1S/C19H22N4O2/c1-23(16-8-10-20-11-9-16)18(22-19(24)25)4-2-3-14-5-6-17-15(13-14)7-12-21-17/h5-13,18,21-22H,2-4H2,1H3,(H,24,25). The highest BCUT2D eigenvalue weighted by atomic mass is 16.4. The number of carboxylic acid groups (broad SMARTS) is 1. The van der Waals surface area contributed by atoms with Crippen molar-refractivity contribution >= 4 is 22.7 Å². The van der Waals surface area contributed by atoms with Crippen molar-refractivity contribution in [3.05, 3.63) is 60.6 Å². The summed E-state index contributed by atoms with van der Waals surface area (Å²) in [4.78, 5) is 20.3. The Morgan fingerprint density at radius 3 is 2.84 bits per heavy atom. The number of carbonyl (C=O) groups is 1. The van der Waals surface area contributed by atoms with Gasteiger partial charge >= 0.3 is 6.09 Å². The number of hydrogen-bond donors (Lipinski definition) is 3. The van der Waals surface area contributed by atoms with E-state index in [1.807, 2.05) is 30.3 Å². The van der Waals surface area contributed by atoms with E-state index in [1.165, 1.54) is 10.9 Å². The van der Waals surface area contributed by atoms with Gasteiger partial charge in [0.25, 0.3) is 0 Å².